The minimum atomic E-state index is -3.78. The van der Waals surface area contributed by atoms with Crippen LogP contribution in [0.2, 0.25) is 0 Å². The van der Waals surface area contributed by atoms with Crippen LogP contribution in [0.25, 0.3) is 5.65 Å². The lowest BCUT2D eigenvalue weighted by Gasteiger charge is -2.34. The van der Waals surface area contributed by atoms with Gasteiger partial charge in [0.1, 0.15) is 11.5 Å². The lowest BCUT2D eigenvalue weighted by atomic mass is 10.0. The van der Waals surface area contributed by atoms with Gasteiger partial charge in [0.05, 0.1) is 18.5 Å². The molecule has 3 heterocycles. The van der Waals surface area contributed by atoms with Gasteiger partial charge in [-0.1, -0.05) is 0 Å². The van der Waals surface area contributed by atoms with E-state index in [0.717, 1.165) is 0 Å². The highest BCUT2D eigenvalue weighted by atomic mass is 32.2. The second kappa shape index (κ2) is 8.68. The van der Waals surface area contributed by atoms with Crippen molar-refractivity contribution in [2.45, 2.75) is 18.9 Å². The van der Waals surface area contributed by atoms with Crippen molar-refractivity contribution < 1.29 is 22.3 Å². The van der Waals surface area contributed by atoms with Gasteiger partial charge in [0.25, 0.3) is 22.0 Å². The van der Waals surface area contributed by atoms with Crippen LogP contribution in [0.4, 0.5) is 15.8 Å². The molecule has 1 amide bonds. The van der Waals surface area contributed by atoms with Crippen LogP contribution in [0.3, 0.4) is 0 Å². The molecule has 1 saturated heterocycles. The van der Waals surface area contributed by atoms with Gasteiger partial charge >= 0.3 is 0 Å². The molecule has 3 aromatic rings. The van der Waals surface area contributed by atoms with Crippen LogP contribution in [0, 0.1) is 5.82 Å². The zero-order valence-electron chi connectivity index (χ0n) is 17.2. The third-order valence-corrected chi connectivity index (χ3v) is 5.80. The summed E-state index contributed by atoms with van der Waals surface area (Å²) in [5.74, 6) is -0.867. The molecule has 0 bridgehead atoms. The van der Waals surface area contributed by atoms with Crippen LogP contribution in [0.15, 0.2) is 36.8 Å². The number of ether oxygens (including phenoxy) is 1. The number of amides is 1. The highest BCUT2D eigenvalue weighted by Gasteiger charge is 2.24. The van der Waals surface area contributed by atoms with Gasteiger partial charge in [0.2, 0.25) is 0 Å². The van der Waals surface area contributed by atoms with Gasteiger partial charge in [-0.25, -0.2) is 19.5 Å². The van der Waals surface area contributed by atoms with Crippen molar-refractivity contribution in [3.63, 3.8) is 0 Å². The summed E-state index contributed by atoms with van der Waals surface area (Å²) >= 11 is 0. The highest BCUT2D eigenvalue weighted by Crippen LogP contribution is 2.30. The first kappa shape index (κ1) is 21.9. The Morgan fingerprint density at radius 2 is 2.06 bits per heavy atom. The quantitative estimate of drug-likeness (QED) is 0.492. The van der Waals surface area contributed by atoms with Gasteiger partial charge < -0.3 is 19.4 Å². The molecule has 0 saturated carbocycles. The van der Waals surface area contributed by atoms with E-state index in [-0.39, 0.29) is 23.3 Å². The topological polar surface area (TPSA) is 144 Å². The molecule has 0 spiro atoms. The maximum atomic E-state index is 14.0. The van der Waals surface area contributed by atoms with Crippen LogP contribution < -0.4 is 24.8 Å². The summed E-state index contributed by atoms with van der Waals surface area (Å²) in [6.07, 6.45) is 5.74. The highest BCUT2D eigenvalue weighted by molar-refractivity contribution is 7.87. The Labute approximate surface area is 183 Å². The minimum absolute atomic E-state index is 0.0682. The van der Waals surface area contributed by atoms with Gasteiger partial charge in [-0.2, -0.15) is 13.1 Å². The SMILES string of the molecule is COc1nc(C(=O)Nc2cc(F)ccc2N2CCC(NS(N)(=O)=O)CC2)cn2ccnc12. The molecule has 13 heteroatoms. The maximum absolute atomic E-state index is 14.0. The fourth-order valence-electron chi connectivity index (χ4n) is 3.69. The number of aromatic nitrogens is 3. The van der Waals surface area contributed by atoms with E-state index in [1.165, 1.54) is 25.4 Å². The average Bonchev–Trinajstić information content (AvgIpc) is 3.21. The van der Waals surface area contributed by atoms with E-state index < -0.39 is 21.9 Å². The van der Waals surface area contributed by atoms with Gasteiger partial charge in [-0.15, -0.1) is 0 Å². The van der Waals surface area contributed by atoms with E-state index in [2.05, 4.69) is 20.0 Å². The minimum Gasteiger partial charge on any atom is -0.478 e. The molecule has 0 atom stereocenters. The standard InChI is InChI=1S/C19H22FN7O4S/c1-31-19-17-22-6-9-27(17)11-15(24-19)18(28)23-14-10-12(20)2-3-16(14)26-7-4-13(5-8-26)25-32(21,29)30/h2-3,6,9-11,13,25H,4-5,7-8H2,1H3,(H,23,28)(H2,21,29,30). The molecule has 0 radical (unpaired) electrons. The number of hydrogen-bond acceptors (Lipinski definition) is 7. The third kappa shape index (κ3) is 4.79. The maximum Gasteiger partial charge on any atom is 0.276 e. The largest absolute Gasteiger partial charge is 0.478 e. The number of piperidine rings is 1. The van der Waals surface area contributed by atoms with Crippen molar-refractivity contribution in [1.82, 2.24) is 19.1 Å². The second-order valence-electron chi connectivity index (χ2n) is 7.33. The summed E-state index contributed by atoms with van der Waals surface area (Å²) in [5.41, 5.74) is 1.42. The molecule has 2 aromatic heterocycles. The molecule has 4 rings (SSSR count). The van der Waals surface area contributed by atoms with Crippen molar-refractivity contribution in [2.24, 2.45) is 5.14 Å². The van der Waals surface area contributed by atoms with Crippen LogP contribution in [-0.4, -0.2) is 54.9 Å². The average molecular weight is 463 g/mol. The number of methoxy groups -OCH3 is 1. The second-order valence-corrected chi connectivity index (χ2v) is 8.66. The van der Waals surface area contributed by atoms with E-state index >= 15 is 0 Å². The van der Waals surface area contributed by atoms with Gasteiger partial charge in [-0.05, 0) is 31.0 Å². The Morgan fingerprint density at radius 3 is 2.75 bits per heavy atom. The lowest BCUT2D eigenvalue weighted by Crippen LogP contribution is -2.46. The zero-order valence-corrected chi connectivity index (χ0v) is 18.0. The monoisotopic (exact) mass is 463 g/mol. The summed E-state index contributed by atoms with van der Waals surface area (Å²) in [4.78, 5) is 23.2. The number of imidazole rings is 1. The van der Waals surface area contributed by atoms with Crippen LogP contribution in [0.5, 0.6) is 5.88 Å². The van der Waals surface area contributed by atoms with Crippen molar-refractivity contribution in [2.75, 3.05) is 30.4 Å². The Kier molecular flexibility index (Phi) is 5.95. The fourth-order valence-corrected chi connectivity index (χ4v) is 4.39. The van der Waals surface area contributed by atoms with Crippen molar-refractivity contribution in [3.05, 3.63) is 48.3 Å². The summed E-state index contributed by atoms with van der Waals surface area (Å²) in [6, 6.07) is 3.83. The molecule has 1 aromatic carbocycles. The van der Waals surface area contributed by atoms with Crippen molar-refractivity contribution in [3.8, 4) is 5.88 Å². The number of anilines is 2. The zero-order chi connectivity index (χ0) is 22.9. The Bertz CT molecular complexity index is 1260. The molecule has 170 valence electrons. The van der Waals surface area contributed by atoms with Crippen LogP contribution in [0.1, 0.15) is 23.3 Å². The summed E-state index contributed by atoms with van der Waals surface area (Å²) in [7, 11) is -2.35. The molecule has 1 aliphatic rings. The molecule has 0 unspecified atom stereocenters. The lowest BCUT2D eigenvalue weighted by molar-refractivity contribution is 0.102. The molecule has 1 fully saturated rings. The predicted molar refractivity (Wildman–Crippen MR) is 115 cm³/mol. The summed E-state index contributed by atoms with van der Waals surface area (Å²) in [6.45, 7) is 0.990. The number of halogens is 1. The smallest absolute Gasteiger partial charge is 0.276 e. The molecule has 4 N–H and O–H groups in total. The molecule has 11 nitrogen and oxygen atoms in total. The first-order chi connectivity index (χ1) is 15.2. The summed E-state index contributed by atoms with van der Waals surface area (Å²) < 4.78 is 45.7. The number of benzene rings is 1. The van der Waals surface area contributed by atoms with Crippen LogP contribution in [-0.2, 0) is 10.2 Å². The Hall–Kier alpha value is -3.29. The number of nitrogens with one attached hydrogen (secondary N) is 2. The van der Waals surface area contributed by atoms with Gasteiger partial charge in [0, 0.05) is 37.7 Å². The normalized spacial score (nSPS) is 15.2. The van der Waals surface area contributed by atoms with E-state index in [4.69, 9.17) is 9.88 Å². The number of carbonyl (C=O) groups excluding carboxylic acids is 1. The van der Waals surface area contributed by atoms with Crippen molar-refractivity contribution >= 4 is 33.1 Å². The van der Waals surface area contributed by atoms with Gasteiger partial charge in [-0.3, -0.25) is 4.79 Å². The number of nitrogens with two attached hydrogens (primary N) is 1. The molecule has 32 heavy (non-hydrogen) atoms. The molecular formula is C19H22FN7O4S. The first-order valence-electron chi connectivity index (χ1n) is 9.77. The Morgan fingerprint density at radius 1 is 1.31 bits per heavy atom. The summed E-state index contributed by atoms with van der Waals surface area (Å²) in [5, 5.41) is 7.77. The molecule has 1 aliphatic heterocycles. The number of rotatable bonds is 6. The molecule has 0 aliphatic carbocycles. The van der Waals surface area contributed by atoms with Crippen molar-refractivity contribution in [1.29, 1.82) is 0 Å². The van der Waals surface area contributed by atoms with E-state index in [0.29, 0.717) is 37.3 Å². The first-order valence-corrected chi connectivity index (χ1v) is 11.3. The number of nitrogens with zero attached hydrogens (tertiary/aromatic N) is 4. The van der Waals surface area contributed by atoms with E-state index in [1.807, 2.05) is 4.90 Å². The van der Waals surface area contributed by atoms with E-state index in [9.17, 15) is 17.6 Å². The Balaban J connectivity index is 1.55. The number of carbonyl (C=O) groups is 1. The fraction of sp³-hybridized carbons (Fsp3) is 0.316. The predicted octanol–water partition coefficient (Wildman–Crippen LogP) is 0.891. The molecular weight excluding hydrogens is 441 g/mol. The third-order valence-electron chi connectivity index (χ3n) is 5.14. The van der Waals surface area contributed by atoms with E-state index in [1.54, 1.807) is 22.9 Å². The van der Waals surface area contributed by atoms with Gasteiger partial charge in [0.15, 0.2) is 5.65 Å². The number of hydrogen-bond donors (Lipinski definition) is 3. The van der Waals surface area contributed by atoms with Crippen LogP contribution >= 0.6 is 0 Å². The number of fused-ring (bicyclic) bond motifs is 1.